The molecule has 10 saturated heterocycles. The van der Waals surface area contributed by atoms with Crippen molar-refractivity contribution in [3.8, 4) is 0 Å². The Bertz CT molecular complexity index is 1620. The summed E-state index contributed by atoms with van der Waals surface area (Å²) in [6, 6.07) is 0. The van der Waals surface area contributed by atoms with Crippen molar-refractivity contribution in [1.29, 1.82) is 0 Å². The van der Waals surface area contributed by atoms with E-state index < -0.39 is 11.9 Å². The van der Waals surface area contributed by atoms with Gasteiger partial charge in [0.1, 0.15) is 0 Å². The first-order valence-electron chi connectivity index (χ1n) is 26.4. The van der Waals surface area contributed by atoms with Crippen molar-refractivity contribution in [3.05, 3.63) is 87.6 Å². The zero-order valence-corrected chi connectivity index (χ0v) is 47.7. The molecular weight excluding hydrogens is 1040 g/mol. The van der Waals surface area contributed by atoms with Crippen LogP contribution in [0.5, 0.6) is 0 Å². The lowest BCUT2D eigenvalue weighted by atomic mass is 9.84. The van der Waals surface area contributed by atoms with E-state index in [1.165, 1.54) is 12.9 Å². The van der Waals surface area contributed by atoms with E-state index >= 15 is 0 Å². The Labute approximate surface area is 478 Å². The van der Waals surface area contributed by atoms with Crippen molar-refractivity contribution in [3.63, 3.8) is 0 Å². The van der Waals surface area contributed by atoms with E-state index in [0.717, 1.165) is 58.9 Å². The molecule has 0 saturated carbocycles. The third-order valence-electron chi connectivity index (χ3n) is 12.9. The van der Waals surface area contributed by atoms with Crippen LogP contribution in [0.1, 0.15) is 45.4 Å². The van der Waals surface area contributed by atoms with Gasteiger partial charge in [-0.25, -0.2) is 5.41 Å². The average molecular weight is 1140 g/mol. The van der Waals surface area contributed by atoms with Gasteiger partial charge in [0.2, 0.25) is 0 Å². The van der Waals surface area contributed by atoms with Crippen LogP contribution in [-0.4, -0.2) is 217 Å². The topological polar surface area (TPSA) is 308 Å². The van der Waals surface area contributed by atoms with E-state index in [0.29, 0.717) is 125 Å². The van der Waals surface area contributed by atoms with E-state index in [1.54, 1.807) is 0 Å². The molecule has 0 atom stereocenters. The minimum absolute atomic E-state index is 0. The fraction of sp³-hybridized carbons (Fsp3) is 0.741. The molecule has 10 fully saturated rings. The molecule has 6 N–H and O–H groups in total. The van der Waals surface area contributed by atoms with Crippen molar-refractivity contribution >= 4 is 24.9 Å². The summed E-state index contributed by atoms with van der Waals surface area (Å²) in [4.78, 5) is 39.4. The Morgan fingerprint density at radius 3 is 0.938 bits per heavy atom. The molecule has 0 radical (unpaired) electrons. The number of ether oxygens (including phenoxy) is 12. The molecule has 22 nitrogen and oxygen atoms in total. The first-order valence-corrected chi connectivity index (χ1v) is 26.4. The van der Waals surface area contributed by atoms with Crippen molar-refractivity contribution in [2.75, 3.05) is 172 Å². The number of carboxylic acids is 2. The number of hydrogen-bond donors (Lipinski definition) is 4. The Hall–Kier alpha value is -2.68. The molecule has 0 aromatic heterocycles. The van der Waals surface area contributed by atoms with Gasteiger partial charge in [0.15, 0.2) is 0 Å². The lowest BCUT2D eigenvalue weighted by Crippen LogP contribution is -2.43. The number of aliphatic hydroxyl groups is 2. The quantitative estimate of drug-likeness (QED) is 0.104. The van der Waals surface area contributed by atoms with Crippen molar-refractivity contribution < 1.29 is 96.4 Å². The third kappa shape index (κ3) is 32.4. The van der Waals surface area contributed by atoms with E-state index in [2.05, 4.69) is 92.6 Å². The van der Waals surface area contributed by atoms with Gasteiger partial charge in [-0.05, 0) is 12.8 Å². The van der Waals surface area contributed by atoms with E-state index in [9.17, 15) is 19.2 Å². The van der Waals surface area contributed by atoms with Gasteiger partial charge in [-0.1, -0.05) is 49.0 Å². The van der Waals surface area contributed by atoms with Crippen LogP contribution in [0.25, 0.3) is 11.5 Å². The second-order valence-electron chi connectivity index (χ2n) is 24.1. The molecule has 0 aromatic rings. The summed E-state index contributed by atoms with van der Waals surface area (Å²) in [7, 11) is 0. The molecule has 0 amide bonds. The van der Waals surface area contributed by atoms with Gasteiger partial charge in [0, 0.05) is 171 Å². The van der Waals surface area contributed by atoms with Crippen LogP contribution in [0.3, 0.4) is 0 Å². The number of carbonyl (C=O) groups excluding carboxylic acids is 2. The summed E-state index contributed by atoms with van der Waals surface area (Å²) in [6.45, 7) is 62.0. The highest BCUT2D eigenvalue weighted by Crippen LogP contribution is 2.33. The smallest absolute Gasteiger partial charge is 0.303 e. The molecule has 0 bridgehead atoms. The third-order valence-corrected chi connectivity index (χ3v) is 12.9. The zero-order chi connectivity index (χ0) is 60.7. The van der Waals surface area contributed by atoms with Gasteiger partial charge >= 0.3 is 11.9 Å². The van der Waals surface area contributed by atoms with Crippen molar-refractivity contribution in [2.45, 2.75) is 45.4 Å². The fourth-order valence-corrected chi connectivity index (χ4v) is 6.61. The fourth-order valence-electron chi connectivity index (χ4n) is 6.61. The maximum Gasteiger partial charge on any atom is 0.303 e. The summed E-state index contributed by atoms with van der Waals surface area (Å²) < 4.78 is 57.5. The molecule has 0 spiro atoms. The Morgan fingerprint density at radius 2 is 0.775 bits per heavy atom. The van der Waals surface area contributed by atoms with Gasteiger partial charge in [-0.2, -0.15) is 13.1 Å². The molecule has 472 valence electrons. The summed E-state index contributed by atoms with van der Waals surface area (Å²) in [6.07, 6.45) is 3.37. The number of aliphatic carboxylic acids is 2. The summed E-state index contributed by atoms with van der Waals surface area (Å²) >= 11 is 0. The standard InChI is InChI=1S/C7H10O3.C7H11O3.C6H11NO.C6H8O3.C6H9O3.C6H11O2.C5H9NO.C5H9O2.C5H9O.C5H8O/c1-7(4-10-5-7)2-3-9-6-8;1-7(4-10-5-7)3-2-6(8)9;1-6(2-3-7)4-8-5-6;1-6(2-8-3-6)4-9-5-7;1-6(2-5(7)8)3-9-4-6;1-6(2-3-7)4-8-5-6;2*1-5(2-6)3-7-4-5;2*1-5(2)3-6-4-5/h1-5H2;1-5H2,(H,8,9);7H,1-5H2;1-4H2;1-4H2,(H,7,8);7H,1-5H2;2*6H,1-4H2;1,3-4H2,2H3;1-4H2/q-2;-1;2*-2;2*-1;-2;2*-1;-2. The summed E-state index contributed by atoms with van der Waals surface area (Å²) in [5.41, 5.74) is 13.4. The molecule has 10 heterocycles. The Morgan fingerprint density at radius 1 is 0.450 bits per heavy atom. The number of carbonyl (C=O) groups is 2. The van der Waals surface area contributed by atoms with Crippen molar-refractivity contribution in [2.24, 2.45) is 54.1 Å². The zero-order valence-electron chi connectivity index (χ0n) is 47.7. The lowest BCUT2D eigenvalue weighted by molar-refractivity contribution is -0.149. The molecule has 10 aliphatic heterocycles. The number of aliphatic hydroxyl groups excluding tert-OH is 2. The predicted molar refractivity (Wildman–Crippen MR) is 296 cm³/mol. The first-order chi connectivity index (χ1) is 37.3. The monoisotopic (exact) mass is 1140 g/mol. The Balaban J connectivity index is 0.000000446. The van der Waals surface area contributed by atoms with Gasteiger partial charge in [0.25, 0.3) is 0 Å². The normalized spacial score (nSPS) is 24.4. The molecule has 10 aliphatic rings. The van der Waals surface area contributed by atoms with Crippen LogP contribution in [0, 0.1) is 130 Å². The van der Waals surface area contributed by atoms with Crippen LogP contribution in [0.2, 0.25) is 0 Å². The van der Waals surface area contributed by atoms with Crippen LogP contribution in [0.4, 0.5) is 0 Å². The molecule has 22 heteroatoms. The van der Waals surface area contributed by atoms with Crippen LogP contribution >= 0.6 is 0 Å². The Kier molecular flexibility index (Phi) is 34.1. The molecule has 80 heavy (non-hydrogen) atoms. The van der Waals surface area contributed by atoms with Crippen LogP contribution < -0.4 is 0 Å². The molecular formula is C58H95N2O20-15. The van der Waals surface area contributed by atoms with Gasteiger partial charge in [0.05, 0.1) is 0 Å². The maximum atomic E-state index is 10.1. The largest absolute Gasteiger partial charge is 0.679 e. The highest BCUT2D eigenvalue weighted by atomic mass is 16.5. The number of nitrogens with one attached hydrogen (secondary N) is 2. The summed E-state index contributed by atoms with van der Waals surface area (Å²) in [5, 5.41) is 33.6. The highest BCUT2D eigenvalue weighted by molar-refractivity contribution is 5.68. The van der Waals surface area contributed by atoms with E-state index in [4.69, 9.17) is 79.3 Å². The predicted octanol–water partition coefficient (Wildman–Crippen LogP) is 4.99. The van der Waals surface area contributed by atoms with Gasteiger partial charge in [-0.15, -0.1) is 32.5 Å². The van der Waals surface area contributed by atoms with Crippen LogP contribution in [-0.2, 0) is 76.0 Å². The lowest BCUT2D eigenvalue weighted by Gasteiger charge is -2.49. The molecule has 0 unspecified atom stereocenters. The number of rotatable bonds is 18. The van der Waals surface area contributed by atoms with Crippen LogP contribution in [0.15, 0.2) is 0 Å². The SMILES string of the molecule is [CH2-]C1(C)COC1.[CH2-]C1(CC(=O)O)COC1.[CH2-]C1(CCC(=O)O)COC1.[CH2-]C1(CCO)COC1.[CH2-]C1(CCO[C-]=O)COC1.[CH2-]C1(CC[NH-])COC1.[CH2-]C1(CO)COC1.[CH2-]C1(CO[C-]=O)COC1.[CH2-]C1(C[NH-])COC1.[CH2-]C1([CH2-])COC1. The maximum absolute atomic E-state index is 10.1. The second-order valence-corrected chi connectivity index (χ2v) is 24.1. The van der Waals surface area contributed by atoms with Crippen molar-refractivity contribution in [1.82, 2.24) is 0 Å². The molecule has 0 aliphatic carbocycles. The van der Waals surface area contributed by atoms with E-state index in [-0.39, 0.29) is 80.2 Å². The minimum atomic E-state index is -0.798. The minimum Gasteiger partial charge on any atom is -0.679 e. The summed E-state index contributed by atoms with van der Waals surface area (Å²) in [5.74, 6) is -1.55. The molecule has 10 rings (SSSR count). The first kappa shape index (κ1) is 75.3. The highest BCUT2D eigenvalue weighted by Gasteiger charge is 2.30. The van der Waals surface area contributed by atoms with Gasteiger partial charge in [-0.3, -0.25) is 9.59 Å². The number of carboxylic acid groups (broad SMARTS) is 2. The van der Waals surface area contributed by atoms with E-state index in [1.807, 2.05) is 0 Å². The average Bonchev–Trinajstić information content (AvgIpc) is 3.31. The number of hydrogen-bond acceptors (Lipinski definition) is 18. The van der Waals surface area contributed by atoms with Gasteiger partial charge < -0.3 is 174 Å². The molecule has 0 aromatic carbocycles. The second kappa shape index (κ2) is 36.2.